The average molecular weight is 335 g/mol. The van der Waals surface area contributed by atoms with Crippen molar-refractivity contribution in [3.8, 4) is 5.75 Å². The molecule has 1 N–H and O–H groups in total. The Labute approximate surface area is 140 Å². The topological polar surface area (TPSA) is 67.4 Å². The Balaban J connectivity index is 2.17. The van der Waals surface area contributed by atoms with Gasteiger partial charge in [0.25, 0.3) is 5.91 Å². The second-order valence-corrected chi connectivity index (χ2v) is 5.17. The highest BCUT2D eigenvalue weighted by Gasteiger charge is 2.13. The van der Waals surface area contributed by atoms with Crippen LogP contribution in [0.5, 0.6) is 5.75 Å². The van der Waals surface area contributed by atoms with Crippen LogP contribution < -0.4 is 15.0 Å². The predicted molar refractivity (Wildman–Crippen MR) is 91.6 cm³/mol. The molecule has 0 bridgehead atoms. The first-order valence-electron chi connectivity index (χ1n) is 7.30. The van der Waals surface area contributed by atoms with Gasteiger partial charge in [-0.3, -0.25) is 4.79 Å². The zero-order valence-corrected chi connectivity index (χ0v) is 14.1. The maximum Gasteiger partial charge on any atom is 0.275 e. The normalized spacial score (nSPS) is 10.3. The molecule has 0 aliphatic heterocycles. The van der Waals surface area contributed by atoms with Gasteiger partial charge in [-0.1, -0.05) is 11.6 Å². The summed E-state index contributed by atoms with van der Waals surface area (Å²) < 4.78 is 5.20. The number of carbonyl (C=O) groups excluding carboxylic acids is 1. The number of nitrogens with one attached hydrogen (secondary N) is 1. The van der Waals surface area contributed by atoms with Crippen molar-refractivity contribution in [3.63, 3.8) is 0 Å². The summed E-state index contributed by atoms with van der Waals surface area (Å²) in [5.41, 5.74) is 0.711. The predicted octanol–water partition coefficient (Wildman–Crippen LogP) is 3.24. The Bertz CT molecular complexity index is 672. The second kappa shape index (κ2) is 7.78. The number of anilines is 2. The van der Waals surface area contributed by atoms with E-state index in [1.807, 2.05) is 13.8 Å². The van der Waals surface area contributed by atoms with Crippen LogP contribution >= 0.6 is 11.6 Å². The third kappa shape index (κ3) is 4.10. The van der Waals surface area contributed by atoms with Gasteiger partial charge in [0, 0.05) is 18.1 Å². The molecule has 0 radical (unpaired) electrons. The van der Waals surface area contributed by atoms with E-state index in [-0.39, 0.29) is 11.6 Å². The van der Waals surface area contributed by atoms with Gasteiger partial charge in [-0.15, -0.1) is 0 Å². The number of amides is 1. The van der Waals surface area contributed by atoms with Gasteiger partial charge in [-0.2, -0.15) is 0 Å². The quantitative estimate of drug-likeness (QED) is 0.878. The Kier molecular flexibility index (Phi) is 5.76. The van der Waals surface area contributed by atoms with Crippen LogP contribution in [0.25, 0.3) is 0 Å². The molecule has 7 heteroatoms. The van der Waals surface area contributed by atoms with Crippen LogP contribution in [0.3, 0.4) is 0 Å². The average Bonchev–Trinajstić information content (AvgIpc) is 2.57. The van der Waals surface area contributed by atoms with E-state index in [0.29, 0.717) is 16.5 Å². The zero-order chi connectivity index (χ0) is 16.8. The number of halogens is 1. The molecular weight excluding hydrogens is 316 g/mol. The first-order chi connectivity index (χ1) is 11.1. The van der Waals surface area contributed by atoms with E-state index >= 15 is 0 Å². The minimum atomic E-state index is -0.371. The van der Waals surface area contributed by atoms with Crippen molar-refractivity contribution in [2.45, 2.75) is 13.8 Å². The fourth-order valence-corrected chi connectivity index (χ4v) is 2.29. The first kappa shape index (κ1) is 17.0. The molecule has 0 saturated carbocycles. The molecule has 122 valence electrons. The molecular formula is C16H19ClN4O2. The number of aromatic nitrogens is 2. The van der Waals surface area contributed by atoms with Crippen LogP contribution in [-0.4, -0.2) is 36.1 Å². The number of rotatable bonds is 6. The van der Waals surface area contributed by atoms with Crippen molar-refractivity contribution in [3.05, 3.63) is 41.3 Å². The molecule has 1 amide bonds. The summed E-state index contributed by atoms with van der Waals surface area (Å²) in [4.78, 5) is 22.8. The highest BCUT2D eigenvalue weighted by Crippen LogP contribution is 2.27. The maximum atomic E-state index is 12.3. The molecule has 0 aliphatic carbocycles. The molecule has 1 aromatic carbocycles. The molecule has 23 heavy (non-hydrogen) atoms. The van der Waals surface area contributed by atoms with Crippen molar-refractivity contribution in [2.75, 3.05) is 30.4 Å². The SMILES string of the molecule is CCN(CC)c1cnc(C(=O)Nc2cc(Cl)ccc2OC)cn1. The number of nitrogens with zero attached hydrogens (tertiary/aromatic N) is 3. The number of benzene rings is 1. The summed E-state index contributed by atoms with van der Waals surface area (Å²) in [5, 5.41) is 3.23. The van der Waals surface area contributed by atoms with E-state index in [9.17, 15) is 4.79 Å². The van der Waals surface area contributed by atoms with Crippen LogP contribution in [0.4, 0.5) is 11.5 Å². The minimum absolute atomic E-state index is 0.225. The molecule has 0 atom stereocenters. The van der Waals surface area contributed by atoms with Crippen LogP contribution in [0.1, 0.15) is 24.3 Å². The van der Waals surface area contributed by atoms with Gasteiger partial charge in [0.2, 0.25) is 0 Å². The van der Waals surface area contributed by atoms with Crippen molar-refractivity contribution < 1.29 is 9.53 Å². The van der Waals surface area contributed by atoms with Crippen LogP contribution in [0, 0.1) is 0 Å². The highest BCUT2D eigenvalue weighted by molar-refractivity contribution is 6.31. The second-order valence-electron chi connectivity index (χ2n) is 4.73. The largest absolute Gasteiger partial charge is 0.495 e. The lowest BCUT2D eigenvalue weighted by Gasteiger charge is -2.19. The third-order valence-electron chi connectivity index (χ3n) is 3.37. The summed E-state index contributed by atoms with van der Waals surface area (Å²) in [6, 6.07) is 5.00. The number of methoxy groups -OCH3 is 1. The van der Waals surface area contributed by atoms with E-state index in [1.54, 1.807) is 24.4 Å². The van der Waals surface area contributed by atoms with Crippen LogP contribution in [0.2, 0.25) is 5.02 Å². The smallest absolute Gasteiger partial charge is 0.275 e. The molecule has 0 aliphatic rings. The monoisotopic (exact) mass is 334 g/mol. The molecule has 1 aromatic heterocycles. The molecule has 0 saturated heterocycles. The number of hydrogen-bond acceptors (Lipinski definition) is 5. The molecule has 0 unspecified atom stereocenters. The Morgan fingerprint density at radius 2 is 2.00 bits per heavy atom. The molecule has 6 nitrogen and oxygen atoms in total. The fraction of sp³-hybridized carbons (Fsp3) is 0.312. The van der Waals surface area contributed by atoms with Crippen molar-refractivity contribution in [1.82, 2.24) is 9.97 Å². The third-order valence-corrected chi connectivity index (χ3v) is 3.60. The number of hydrogen-bond donors (Lipinski definition) is 1. The lowest BCUT2D eigenvalue weighted by molar-refractivity contribution is 0.102. The maximum absolute atomic E-state index is 12.3. The van der Waals surface area contributed by atoms with Gasteiger partial charge >= 0.3 is 0 Å². The van der Waals surface area contributed by atoms with Crippen molar-refractivity contribution in [2.24, 2.45) is 0 Å². The van der Waals surface area contributed by atoms with Crippen LogP contribution in [0.15, 0.2) is 30.6 Å². The summed E-state index contributed by atoms with van der Waals surface area (Å²) in [6.45, 7) is 5.74. The minimum Gasteiger partial charge on any atom is -0.495 e. The highest BCUT2D eigenvalue weighted by atomic mass is 35.5. The van der Waals surface area contributed by atoms with Crippen molar-refractivity contribution >= 4 is 29.0 Å². The number of carbonyl (C=O) groups is 1. The Hall–Kier alpha value is -2.34. The van der Waals surface area contributed by atoms with E-state index in [0.717, 1.165) is 18.9 Å². The zero-order valence-electron chi connectivity index (χ0n) is 13.3. The lowest BCUT2D eigenvalue weighted by Crippen LogP contribution is -2.23. The molecule has 1 heterocycles. The Morgan fingerprint density at radius 1 is 1.26 bits per heavy atom. The van der Waals surface area contributed by atoms with Gasteiger partial charge in [0.05, 0.1) is 25.2 Å². The molecule has 0 spiro atoms. The van der Waals surface area contributed by atoms with Gasteiger partial charge in [-0.05, 0) is 32.0 Å². The summed E-state index contributed by atoms with van der Waals surface area (Å²) >= 11 is 5.95. The molecule has 0 fully saturated rings. The van der Waals surface area contributed by atoms with Gasteiger partial charge in [-0.25, -0.2) is 9.97 Å². The van der Waals surface area contributed by atoms with E-state index in [4.69, 9.17) is 16.3 Å². The van der Waals surface area contributed by atoms with Crippen molar-refractivity contribution in [1.29, 1.82) is 0 Å². The van der Waals surface area contributed by atoms with E-state index < -0.39 is 0 Å². The number of ether oxygens (including phenoxy) is 1. The molecule has 2 rings (SSSR count). The lowest BCUT2D eigenvalue weighted by atomic mass is 10.2. The Morgan fingerprint density at radius 3 is 2.57 bits per heavy atom. The molecule has 2 aromatic rings. The van der Waals surface area contributed by atoms with Crippen LogP contribution in [-0.2, 0) is 0 Å². The van der Waals surface area contributed by atoms with Gasteiger partial charge in [0.15, 0.2) is 0 Å². The standard InChI is InChI=1S/C16H19ClN4O2/c1-4-21(5-2)15-10-18-13(9-19-15)16(22)20-12-8-11(17)6-7-14(12)23-3/h6-10H,4-5H2,1-3H3,(H,20,22). The van der Waals surface area contributed by atoms with Gasteiger partial charge < -0.3 is 15.0 Å². The summed E-state index contributed by atoms with van der Waals surface area (Å²) in [5.74, 6) is 0.895. The van der Waals surface area contributed by atoms with Gasteiger partial charge in [0.1, 0.15) is 17.3 Å². The summed E-state index contributed by atoms with van der Waals surface area (Å²) in [7, 11) is 1.53. The fourth-order valence-electron chi connectivity index (χ4n) is 2.11. The van der Waals surface area contributed by atoms with E-state index in [1.165, 1.54) is 13.3 Å². The first-order valence-corrected chi connectivity index (χ1v) is 7.68. The summed E-state index contributed by atoms with van der Waals surface area (Å²) in [6.07, 6.45) is 3.05. The van der Waals surface area contributed by atoms with E-state index in [2.05, 4.69) is 20.2 Å².